The fourth-order valence-corrected chi connectivity index (χ4v) is 4.31. The number of phenols is 1. The first-order valence-corrected chi connectivity index (χ1v) is 11.0. The number of rotatable bonds is 6. The van der Waals surface area contributed by atoms with Crippen LogP contribution in [-0.4, -0.2) is 43.4 Å². The van der Waals surface area contributed by atoms with Crippen LogP contribution in [0.4, 0.5) is 11.4 Å². The van der Waals surface area contributed by atoms with Gasteiger partial charge in [0.2, 0.25) is 0 Å². The summed E-state index contributed by atoms with van der Waals surface area (Å²) in [6.07, 6.45) is 5.60. The molecule has 0 radical (unpaired) electrons. The standard InChI is InChI=1S/C24H31N3O3/c28-23-16-20(10-11-21(23)24(29)26-19-7-2-1-3-8-19)25-17-18-6-4-5-9-22(18)27-12-14-30-15-13-27/h4-6,9-11,16,19,25,28H,1-3,7-8,12-15,17H2,(H,26,29). The molecule has 0 bridgehead atoms. The van der Waals surface area contributed by atoms with Crippen LogP contribution in [0.5, 0.6) is 5.75 Å². The number of ether oxygens (including phenoxy) is 1. The summed E-state index contributed by atoms with van der Waals surface area (Å²) in [5, 5.41) is 16.9. The Labute approximate surface area is 178 Å². The molecule has 2 aliphatic rings. The van der Waals surface area contributed by atoms with Crippen LogP contribution in [-0.2, 0) is 11.3 Å². The van der Waals surface area contributed by atoms with Crippen LogP contribution in [0.1, 0.15) is 48.0 Å². The van der Waals surface area contributed by atoms with Gasteiger partial charge in [0.25, 0.3) is 5.91 Å². The van der Waals surface area contributed by atoms with Crippen LogP contribution in [0.25, 0.3) is 0 Å². The van der Waals surface area contributed by atoms with Crippen molar-refractivity contribution in [2.45, 2.75) is 44.7 Å². The maximum Gasteiger partial charge on any atom is 0.255 e. The molecule has 2 aromatic rings. The predicted molar refractivity (Wildman–Crippen MR) is 119 cm³/mol. The van der Waals surface area contributed by atoms with Gasteiger partial charge in [-0.15, -0.1) is 0 Å². The first-order chi connectivity index (χ1) is 14.7. The largest absolute Gasteiger partial charge is 0.507 e. The minimum Gasteiger partial charge on any atom is -0.507 e. The summed E-state index contributed by atoms with van der Waals surface area (Å²) in [5.41, 5.74) is 3.53. The van der Waals surface area contributed by atoms with Crippen LogP contribution in [0.2, 0.25) is 0 Å². The van der Waals surface area contributed by atoms with Crippen LogP contribution in [0.15, 0.2) is 42.5 Å². The third-order valence-corrected chi connectivity index (χ3v) is 6.01. The van der Waals surface area contributed by atoms with Crippen LogP contribution >= 0.6 is 0 Å². The summed E-state index contributed by atoms with van der Waals surface area (Å²) >= 11 is 0. The van der Waals surface area contributed by atoms with Gasteiger partial charge in [-0.3, -0.25) is 4.79 Å². The minimum atomic E-state index is -0.191. The predicted octanol–water partition coefficient (Wildman–Crippen LogP) is 3.90. The third kappa shape index (κ3) is 5.05. The average molecular weight is 410 g/mol. The first kappa shape index (κ1) is 20.5. The fourth-order valence-electron chi connectivity index (χ4n) is 4.31. The van der Waals surface area contributed by atoms with E-state index >= 15 is 0 Å². The molecule has 1 aliphatic heterocycles. The number of hydrogen-bond donors (Lipinski definition) is 3. The number of phenolic OH excluding ortho intramolecular Hbond substituents is 1. The smallest absolute Gasteiger partial charge is 0.255 e. The Kier molecular flexibility index (Phi) is 6.74. The van der Waals surface area contributed by atoms with E-state index in [0.29, 0.717) is 12.1 Å². The number of para-hydroxylation sites is 1. The molecule has 3 N–H and O–H groups in total. The molecule has 6 nitrogen and oxygen atoms in total. The lowest BCUT2D eigenvalue weighted by Gasteiger charge is -2.30. The van der Waals surface area contributed by atoms with Gasteiger partial charge in [-0.05, 0) is 36.6 Å². The summed E-state index contributed by atoms with van der Waals surface area (Å²) in [6.45, 7) is 3.92. The van der Waals surface area contributed by atoms with E-state index in [1.165, 1.54) is 17.7 Å². The Balaban J connectivity index is 1.39. The lowest BCUT2D eigenvalue weighted by molar-refractivity contribution is 0.0925. The molecule has 2 aromatic carbocycles. The molecule has 6 heteroatoms. The van der Waals surface area contributed by atoms with Gasteiger partial charge in [0, 0.05) is 43.1 Å². The minimum absolute atomic E-state index is 0.00905. The molecule has 0 unspecified atom stereocenters. The quantitative estimate of drug-likeness (QED) is 0.675. The van der Waals surface area contributed by atoms with E-state index in [-0.39, 0.29) is 17.7 Å². The third-order valence-electron chi connectivity index (χ3n) is 6.01. The van der Waals surface area contributed by atoms with Crippen molar-refractivity contribution in [3.05, 3.63) is 53.6 Å². The molecule has 30 heavy (non-hydrogen) atoms. The highest BCUT2D eigenvalue weighted by Crippen LogP contribution is 2.26. The monoisotopic (exact) mass is 409 g/mol. The molecule has 1 saturated heterocycles. The molecular weight excluding hydrogens is 378 g/mol. The van der Waals surface area contributed by atoms with E-state index in [2.05, 4.69) is 33.7 Å². The van der Waals surface area contributed by atoms with E-state index in [0.717, 1.165) is 57.7 Å². The molecule has 1 amide bonds. The average Bonchev–Trinajstić information content (AvgIpc) is 2.79. The number of carbonyl (C=O) groups is 1. The van der Waals surface area contributed by atoms with Crippen LogP contribution in [0.3, 0.4) is 0 Å². The molecule has 4 rings (SSSR count). The summed E-state index contributed by atoms with van der Waals surface area (Å²) in [6, 6.07) is 13.8. The van der Waals surface area contributed by atoms with Crippen molar-refractivity contribution in [3.8, 4) is 5.75 Å². The fraction of sp³-hybridized carbons (Fsp3) is 0.458. The van der Waals surface area contributed by atoms with E-state index in [9.17, 15) is 9.90 Å². The van der Waals surface area contributed by atoms with Gasteiger partial charge in [0.1, 0.15) is 5.75 Å². The van der Waals surface area contributed by atoms with Crippen molar-refractivity contribution in [1.82, 2.24) is 5.32 Å². The molecule has 160 valence electrons. The topological polar surface area (TPSA) is 73.8 Å². The maximum atomic E-state index is 12.5. The molecular formula is C24H31N3O3. The zero-order valence-corrected chi connectivity index (χ0v) is 17.4. The Morgan fingerprint density at radius 2 is 1.83 bits per heavy atom. The molecule has 1 saturated carbocycles. The van der Waals surface area contributed by atoms with Gasteiger partial charge in [-0.2, -0.15) is 0 Å². The van der Waals surface area contributed by atoms with E-state index < -0.39 is 0 Å². The molecule has 1 aliphatic carbocycles. The summed E-state index contributed by atoms with van der Waals surface area (Å²) in [7, 11) is 0. The maximum absolute atomic E-state index is 12.5. The number of amides is 1. The second kappa shape index (κ2) is 9.85. The van der Waals surface area contributed by atoms with Gasteiger partial charge in [-0.1, -0.05) is 37.5 Å². The number of carbonyl (C=O) groups excluding carboxylic acids is 1. The number of hydrogen-bond acceptors (Lipinski definition) is 5. The highest BCUT2D eigenvalue weighted by atomic mass is 16.5. The van der Waals surface area contributed by atoms with Crippen LogP contribution in [0, 0.1) is 0 Å². The Bertz CT molecular complexity index is 859. The number of aromatic hydroxyl groups is 1. The lowest BCUT2D eigenvalue weighted by Crippen LogP contribution is -2.36. The molecule has 1 heterocycles. The Morgan fingerprint density at radius 3 is 2.60 bits per heavy atom. The second-order valence-corrected chi connectivity index (χ2v) is 8.12. The number of morpholine rings is 1. The zero-order chi connectivity index (χ0) is 20.8. The molecule has 2 fully saturated rings. The SMILES string of the molecule is O=C(NC1CCCCC1)c1ccc(NCc2ccccc2N2CCOCC2)cc1O. The number of nitrogens with one attached hydrogen (secondary N) is 2. The van der Waals surface area contributed by atoms with Crippen molar-refractivity contribution in [2.24, 2.45) is 0 Å². The van der Waals surface area contributed by atoms with Gasteiger partial charge in [-0.25, -0.2) is 0 Å². The second-order valence-electron chi connectivity index (χ2n) is 8.12. The van der Waals surface area contributed by atoms with Crippen molar-refractivity contribution < 1.29 is 14.6 Å². The summed E-state index contributed by atoms with van der Waals surface area (Å²) in [5.74, 6) is -0.182. The van der Waals surface area contributed by atoms with E-state index in [1.54, 1.807) is 12.1 Å². The van der Waals surface area contributed by atoms with Gasteiger partial charge < -0.3 is 25.4 Å². The van der Waals surface area contributed by atoms with Crippen molar-refractivity contribution in [3.63, 3.8) is 0 Å². The van der Waals surface area contributed by atoms with Crippen molar-refractivity contribution >= 4 is 17.3 Å². The number of nitrogens with zero attached hydrogens (tertiary/aromatic N) is 1. The normalized spacial score (nSPS) is 17.5. The first-order valence-electron chi connectivity index (χ1n) is 11.0. The summed E-state index contributed by atoms with van der Waals surface area (Å²) < 4.78 is 5.46. The van der Waals surface area contributed by atoms with E-state index in [1.807, 2.05) is 12.1 Å². The lowest BCUT2D eigenvalue weighted by atomic mass is 9.95. The number of anilines is 2. The van der Waals surface area contributed by atoms with Gasteiger partial charge >= 0.3 is 0 Å². The summed E-state index contributed by atoms with van der Waals surface area (Å²) in [4.78, 5) is 14.9. The zero-order valence-electron chi connectivity index (χ0n) is 17.4. The Hall–Kier alpha value is -2.73. The van der Waals surface area contributed by atoms with Crippen molar-refractivity contribution in [1.29, 1.82) is 0 Å². The molecule has 0 aromatic heterocycles. The Morgan fingerprint density at radius 1 is 1.07 bits per heavy atom. The van der Waals surface area contributed by atoms with Gasteiger partial charge in [0.05, 0.1) is 18.8 Å². The molecule has 0 spiro atoms. The van der Waals surface area contributed by atoms with E-state index in [4.69, 9.17) is 4.74 Å². The van der Waals surface area contributed by atoms with Gasteiger partial charge in [0.15, 0.2) is 0 Å². The highest BCUT2D eigenvalue weighted by Gasteiger charge is 2.19. The number of benzene rings is 2. The van der Waals surface area contributed by atoms with Crippen LogP contribution < -0.4 is 15.5 Å². The highest BCUT2D eigenvalue weighted by molar-refractivity contribution is 5.97. The molecule has 0 atom stereocenters. The van der Waals surface area contributed by atoms with Crippen molar-refractivity contribution in [2.75, 3.05) is 36.5 Å².